The molecule has 0 aliphatic rings. The van der Waals surface area contributed by atoms with Gasteiger partial charge >= 0.3 is 5.97 Å². The molecule has 5 nitrogen and oxygen atoms in total. The van der Waals surface area contributed by atoms with Crippen molar-refractivity contribution in [1.29, 1.82) is 0 Å². The second-order valence-electron chi connectivity index (χ2n) is 7.98. The number of nitrogens with one attached hydrogen (secondary N) is 1. The largest absolute Gasteiger partial charge is 0.481 e. The number of amides is 1. The summed E-state index contributed by atoms with van der Waals surface area (Å²) >= 11 is 0. The number of carbonyl (C=O) groups is 2. The molecule has 2 aromatic rings. The molecule has 1 atom stereocenters. The van der Waals surface area contributed by atoms with Crippen LogP contribution in [0.1, 0.15) is 62.5 Å². The first-order valence-electron chi connectivity index (χ1n) is 10.0. The Morgan fingerprint density at radius 2 is 1.69 bits per heavy atom. The van der Waals surface area contributed by atoms with Crippen LogP contribution >= 0.6 is 0 Å². The SMILES string of the molecule is CCOC(=O)c1cccc(NC(=O)C(CC)Oc2ccc(C(C)(C)C)cc2)c1C. The Bertz CT molecular complexity index is 850. The van der Waals surface area contributed by atoms with Crippen molar-refractivity contribution in [2.24, 2.45) is 0 Å². The molecule has 0 bridgehead atoms. The van der Waals surface area contributed by atoms with Crippen LogP contribution < -0.4 is 10.1 Å². The van der Waals surface area contributed by atoms with Crippen LogP contribution in [0.3, 0.4) is 0 Å². The van der Waals surface area contributed by atoms with Crippen LogP contribution in [0.25, 0.3) is 0 Å². The molecule has 0 spiro atoms. The van der Waals surface area contributed by atoms with E-state index in [-0.39, 0.29) is 11.3 Å². The smallest absolute Gasteiger partial charge is 0.338 e. The summed E-state index contributed by atoms with van der Waals surface area (Å²) in [5.74, 6) is -0.00293. The Morgan fingerprint density at radius 1 is 1.03 bits per heavy atom. The highest BCUT2D eigenvalue weighted by Crippen LogP contribution is 2.25. The zero-order valence-corrected chi connectivity index (χ0v) is 18.2. The van der Waals surface area contributed by atoms with Gasteiger partial charge in [-0.25, -0.2) is 4.79 Å². The normalized spacial score (nSPS) is 12.2. The maximum absolute atomic E-state index is 12.8. The summed E-state index contributed by atoms with van der Waals surface area (Å²) in [6.07, 6.45) is -0.121. The third kappa shape index (κ3) is 5.83. The molecule has 2 aromatic carbocycles. The number of hydrogen-bond donors (Lipinski definition) is 1. The fourth-order valence-corrected chi connectivity index (χ4v) is 2.93. The molecule has 29 heavy (non-hydrogen) atoms. The first kappa shape index (κ1) is 22.5. The number of ether oxygens (including phenoxy) is 2. The Hall–Kier alpha value is -2.82. The van der Waals surface area contributed by atoms with E-state index in [4.69, 9.17) is 9.47 Å². The van der Waals surface area contributed by atoms with Crippen molar-refractivity contribution < 1.29 is 19.1 Å². The van der Waals surface area contributed by atoms with Crippen LogP contribution in [0.15, 0.2) is 42.5 Å². The van der Waals surface area contributed by atoms with Crippen LogP contribution in [-0.2, 0) is 14.9 Å². The van der Waals surface area contributed by atoms with Crippen LogP contribution in [0.2, 0.25) is 0 Å². The van der Waals surface area contributed by atoms with E-state index in [0.29, 0.717) is 35.6 Å². The summed E-state index contributed by atoms with van der Waals surface area (Å²) in [5.41, 5.74) is 2.95. The van der Waals surface area contributed by atoms with E-state index in [2.05, 4.69) is 26.1 Å². The molecule has 156 valence electrons. The van der Waals surface area contributed by atoms with Gasteiger partial charge in [-0.05, 0) is 61.1 Å². The summed E-state index contributed by atoms with van der Waals surface area (Å²) in [6.45, 7) is 12.2. The lowest BCUT2D eigenvalue weighted by atomic mass is 9.87. The molecule has 1 N–H and O–H groups in total. The predicted octanol–water partition coefficient (Wildman–Crippen LogP) is 5.27. The zero-order chi connectivity index (χ0) is 21.6. The van der Waals surface area contributed by atoms with Crippen molar-refractivity contribution in [1.82, 2.24) is 0 Å². The molecule has 0 aliphatic heterocycles. The summed E-state index contributed by atoms with van der Waals surface area (Å²) in [7, 11) is 0. The van der Waals surface area contributed by atoms with Gasteiger partial charge in [0.05, 0.1) is 12.2 Å². The quantitative estimate of drug-likeness (QED) is 0.647. The van der Waals surface area contributed by atoms with Crippen LogP contribution in [0.4, 0.5) is 5.69 Å². The van der Waals surface area contributed by atoms with E-state index in [9.17, 15) is 9.59 Å². The van der Waals surface area contributed by atoms with E-state index < -0.39 is 12.1 Å². The summed E-state index contributed by atoms with van der Waals surface area (Å²) in [5, 5.41) is 2.88. The van der Waals surface area contributed by atoms with Gasteiger partial charge < -0.3 is 14.8 Å². The van der Waals surface area contributed by atoms with Gasteiger partial charge in [0, 0.05) is 5.69 Å². The maximum Gasteiger partial charge on any atom is 0.338 e. The molecule has 0 aliphatic carbocycles. The highest BCUT2D eigenvalue weighted by atomic mass is 16.5. The molecule has 0 heterocycles. The summed E-state index contributed by atoms with van der Waals surface area (Å²) < 4.78 is 11.0. The average Bonchev–Trinajstić information content (AvgIpc) is 2.67. The molecule has 0 saturated carbocycles. The second-order valence-corrected chi connectivity index (χ2v) is 7.98. The Balaban J connectivity index is 2.12. The molecule has 0 radical (unpaired) electrons. The van der Waals surface area contributed by atoms with Crippen molar-refractivity contribution in [2.75, 3.05) is 11.9 Å². The van der Waals surface area contributed by atoms with E-state index in [1.54, 1.807) is 32.0 Å². The highest BCUT2D eigenvalue weighted by Gasteiger charge is 2.21. The molecule has 2 rings (SSSR count). The predicted molar refractivity (Wildman–Crippen MR) is 116 cm³/mol. The number of carbonyl (C=O) groups excluding carboxylic acids is 2. The molecule has 1 amide bonds. The number of esters is 1. The minimum absolute atomic E-state index is 0.0571. The molecule has 0 fully saturated rings. The fraction of sp³-hybridized carbons (Fsp3) is 0.417. The Labute approximate surface area is 173 Å². The van der Waals surface area contributed by atoms with Gasteiger partial charge in [0.1, 0.15) is 5.75 Å². The van der Waals surface area contributed by atoms with Crippen molar-refractivity contribution in [3.63, 3.8) is 0 Å². The zero-order valence-electron chi connectivity index (χ0n) is 18.2. The van der Waals surface area contributed by atoms with E-state index in [1.165, 1.54) is 5.56 Å². The van der Waals surface area contributed by atoms with Crippen LogP contribution in [0.5, 0.6) is 5.75 Å². The van der Waals surface area contributed by atoms with E-state index in [0.717, 1.165) is 0 Å². The Morgan fingerprint density at radius 3 is 2.24 bits per heavy atom. The first-order valence-corrected chi connectivity index (χ1v) is 10.0. The topological polar surface area (TPSA) is 64.6 Å². The molecular weight excluding hydrogens is 366 g/mol. The molecular formula is C24H31NO4. The minimum Gasteiger partial charge on any atom is -0.481 e. The van der Waals surface area contributed by atoms with Crippen molar-refractivity contribution in [3.8, 4) is 5.75 Å². The molecule has 5 heteroatoms. The lowest BCUT2D eigenvalue weighted by molar-refractivity contribution is -0.122. The second kappa shape index (κ2) is 9.59. The number of benzene rings is 2. The van der Waals surface area contributed by atoms with Gasteiger partial charge in [-0.15, -0.1) is 0 Å². The first-order chi connectivity index (χ1) is 13.7. The van der Waals surface area contributed by atoms with Gasteiger partial charge in [0.15, 0.2) is 6.10 Å². The lowest BCUT2D eigenvalue weighted by Gasteiger charge is -2.21. The Kier molecular flexibility index (Phi) is 7.43. The maximum atomic E-state index is 12.8. The standard InChI is InChI=1S/C24H31NO4/c1-7-21(29-18-14-12-17(13-15-18)24(4,5)6)22(26)25-20-11-9-10-19(16(20)3)23(27)28-8-2/h9-15,21H,7-8H2,1-6H3,(H,25,26). The van der Waals surface area contributed by atoms with Crippen molar-refractivity contribution in [3.05, 3.63) is 59.2 Å². The van der Waals surface area contributed by atoms with Gasteiger partial charge in [-0.2, -0.15) is 0 Å². The molecule has 0 aromatic heterocycles. The lowest BCUT2D eigenvalue weighted by Crippen LogP contribution is -2.32. The van der Waals surface area contributed by atoms with E-state index in [1.807, 2.05) is 31.2 Å². The average molecular weight is 398 g/mol. The van der Waals surface area contributed by atoms with Gasteiger partial charge in [0.25, 0.3) is 5.91 Å². The van der Waals surface area contributed by atoms with Gasteiger partial charge in [-0.3, -0.25) is 4.79 Å². The molecule has 1 unspecified atom stereocenters. The number of rotatable bonds is 7. The van der Waals surface area contributed by atoms with Crippen LogP contribution in [0, 0.1) is 6.92 Å². The van der Waals surface area contributed by atoms with E-state index >= 15 is 0 Å². The fourth-order valence-electron chi connectivity index (χ4n) is 2.93. The van der Waals surface area contributed by atoms with Gasteiger partial charge in [0.2, 0.25) is 0 Å². The minimum atomic E-state index is -0.638. The number of hydrogen-bond acceptors (Lipinski definition) is 4. The third-order valence-electron chi connectivity index (χ3n) is 4.75. The third-order valence-corrected chi connectivity index (χ3v) is 4.75. The highest BCUT2D eigenvalue weighted by molar-refractivity contribution is 5.98. The number of anilines is 1. The van der Waals surface area contributed by atoms with Crippen molar-refractivity contribution >= 4 is 17.6 Å². The van der Waals surface area contributed by atoms with Gasteiger partial charge in [-0.1, -0.05) is 45.9 Å². The molecule has 0 saturated heterocycles. The van der Waals surface area contributed by atoms with Crippen molar-refractivity contribution in [2.45, 2.75) is 59.5 Å². The van der Waals surface area contributed by atoms with Crippen LogP contribution in [-0.4, -0.2) is 24.6 Å². The summed E-state index contributed by atoms with van der Waals surface area (Å²) in [6, 6.07) is 13.0. The summed E-state index contributed by atoms with van der Waals surface area (Å²) in [4.78, 5) is 24.9. The monoisotopic (exact) mass is 397 g/mol.